The monoisotopic (exact) mass is 295 g/mol. The highest BCUT2D eigenvalue weighted by Crippen LogP contribution is 2.15. The van der Waals surface area contributed by atoms with Crippen LogP contribution in [0.15, 0.2) is 30.3 Å². The normalized spacial score (nSPS) is 11.8. The number of hydrogen-bond acceptors (Lipinski definition) is 3. The number of hydrogen-bond donors (Lipinski definition) is 1. The van der Waals surface area contributed by atoms with Crippen LogP contribution in [-0.2, 0) is 8.85 Å². The molecule has 0 fully saturated rings. The van der Waals surface area contributed by atoms with Crippen molar-refractivity contribution in [2.24, 2.45) is 5.73 Å². The van der Waals surface area contributed by atoms with Gasteiger partial charge in [0.1, 0.15) is 0 Å². The van der Waals surface area contributed by atoms with Crippen LogP contribution in [-0.4, -0.2) is 28.3 Å². The number of benzene rings is 1. The summed E-state index contributed by atoms with van der Waals surface area (Å²) in [6.07, 6.45) is 4.42. The van der Waals surface area contributed by atoms with E-state index in [9.17, 15) is 0 Å². The molecule has 1 aromatic rings. The van der Waals surface area contributed by atoms with Crippen molar-refractivity contribution in [3.63, 3.8) is 0 Å². The van der Waals surface area contributed by atoms with Gasteiger partial charge in [0.15, 0.2) is 0 Å². The van der Waals surface area contributed by atoms with Gasteiger partial charge in [-0.3, -0.25) is 0 Å². The zero-order valence-corrected chi connectivity index (χ0v) is 13.9. The lowest BCUT2D eigenvalue weighted by Crippen LogP contribution is -2.55. The lowest BCUT2D eigenvalue weighted by Gasteiger charge is -2.31. The van der Waals surface area contributed by atoms with Crippen LogP contribution in [0.25, 0.3) is 0 Å². The third kappa shape index (κ3) is 5.36. The molecule has 0 heterocycles. The van der Waals surface area contributed by atoms with Gasteiger partial charge < -0.3 is 14.6 Å². The summed E-state index contributed by atoms with van der Waals surface area (Å²) >= 11 is 0. The molecule has 0 aliphatic heterocycles. The van der Waals surface area contributed by atoms with Crippen molar-refractivity contribution in [3.05, 3.63) is 30.3 Å². The molecule has 1 rings (SSSR count). The summed E-state index contributed by atoms with van der Waals surface area (Å²) in [5, 5.41) is 1.21. The molecule has 0 saturated carbocycles. The molecule has 0 aliphatic carbocycles. The van der Waals surface area contributed by atoms with Crippen LogP contribution in [0.3, 0.4) is 0 Å². The Hall–Kier alpha value is -0.683. The maximum atomic E-state index is 6.28. The SMILES string of the molecule is CCCCO[Si](CCN)(OCCCC)c1ccccc1. The Bertz CT molecular complexity index is 336. The van der Waals surface area contributed by atoms with Crippen LogP contribution >= 0.6 is 0 Å². The van der Waals surface area contributed by atoms with E-state index in [1.54, 1.807) is 0 Å². The quantitative estimate of drug-likeness (QED) is 0.504. The largest absolute Gasteiger partial charge is 0.391 e. The van der Waals surface area contributed by atoms with Crippen LogP contribution in [0, 0.1) is 0 Å². The van der Waals surface area contributed by atoms with Gasteiger partial charge in [-0.1, -0.05) is 57.0 Å². The van der Waals surface area contributed by atoms with E-state index in [1.165, 1.54) is 5.19 Å². The maximum absolute atomic E-state index is 6.28. The Morgan fingerprint density at radius 1 is 0.950 bits per heavy atom. The summed E-state index contributed by atoms with van der Waals surface area (Å²) in [5.41, 5.74) is 5.84. The minimum Gasteiger partial charge on any atom is -0.391 e. The first-order valence-corrected chi connectivity index (χ1v) is 9.85. The molecule has 114 valence electrons. The third-order valence-corrected chi connectivity index (χ3v) is 6.85. The summed E-state index contributed by atoms with van der Waals surface area (Å²) in [5.74, 6) is 0. The highest BCUT2D eigenvalue weighted by atomic mass is 28.4. The molecule has 0 bridgehead atoms. The third-order valence-electron chi connectivity index (χ3n) is 3.35. The fraction of sp³-hybridized carbons (Fsp3) is 0.625. The summed E-state index contributed by atoms with van der Waals surface area (Å²) < 4.78 is 12.6. The molecular weight excluding hydrogens is 266 g/mol. The zero-order valence-electron chi connectivity index (χ0n) is 12.9. The molecule has 3 nitrogen and oxygen atoms in total. The van der Waals surface area contributed by atoms with Crippen molar-refractivity contribution in [2.75, 3.05) is 19.8 Å². The average molecular weight is 295 g/mol. The first-order valence-electron chi connectivity index (χ1n) is 7.82. The van der Waals surface area contributed by atoms with Crippen LogP contribution in [0.5, 0.6) is 0 Å². The fourth-order valence-electron chi connectivity index (χ4n) is 2.14. The summed E-state index contributed by atoms with van der Waals surface area (Å²) in [6.45, 7) is 6.50. The summed E-state index contributed by atoms with van der Waals surface area (Å²) in [6, 6.07) is 11.2. The lowest BCUT2D eigenvalue weighted by atomic mass is 10.4. The van der Waals surface area contributed by atoms with Crippen molar-refractivity contribution in [1.29, 1.82) is 0 Å². The summed E-state index contributed by atoms with van der Waals surface area (Å²) in [7, 11) is -2.37. The Morgan fingerprint density at radius 2 is 1.50 bits per heavy atom. The lowest BCUT2D eigenvalue weighted by molar-refractivity contribution is 0.175. The van der Waals surface area contributed by atoms with Crippen molar-refractivity contribution in [2.45, 2.75) is 45.6 Å². The molecule has 0 aromatic heterocycles. The van der Waals surface area contributed by atoms with E-state index in [0.717, 1.165) is 44.9 Å². The molecule has 0 spiro atoms. The number of nitrogens with two attached hydrogens (primary N) is 1. The highest BCUT2D eigenvalue weighted by Gasteiger charge is 2.39. The molecule has 0 aliphatic rings. The zero-order chi connectivity index (χ0) is 14.7. The van der Waals surface area contributed by atoms with Crippen LogP contribution in [0.2, 0.25) is 6.04 Å². The second-order valence-electron chi connectivity index (χ2n) is 5.06. The van der Waals surface area contributed by atoms with Gasteiger partial charge in [-0.2, -0.15) is 0 Å². The van der Waals surface area contributed by atoms with Crippen molar-refractivity contribution in [3.8, 4) is 0 Å². The van der Waals surface area contributed by atoms with Gasteiger partial charge in [0.25, 0.3) is 0 Å². The molecule has 2 N–H and O–H groups in total. The Morgan fingerprint density at radius 3 is 1.95 bits per heavy atom. The van der Waals surface area contributed by atoms with E-state index >= 15 is 0 Å². The second kappa shape index (κ2) is 10.1. The molecular formula is C16H29NO2Si. The van der Waals surface area contributed by atoms with Gasteiger partial charge >= 0.3 is 8.56 Å². The Kier molecular flexibility index (Phi) is 8.77. The van der Waals surface area contributed by atoms with Crippen LogP contribution in [0.4, 0.5) is 0 Å². The van der Waals surface area contributed by atoms with E-state index in [1.807, 2.05) is 6.07 Å². The Balaban J connectivity index is 2.86. The van der Waals surface area contributed by atoms with E-state index in [4.69, 9.17) is 14.6 Å². The molecule has 4 heteroatoms. The van der Waals surface area contributed by atoms with E-state index in [2.05, 4.69) is 38.1 Å². The molecule has 0 radical (unpaired) electrons. The van der Waals surface area contributed by atoms with Crippen molar-refractivity contribution < 1.29 is 8.85 Å². The van der Waals surface area contributed by atoms with Gasteiger partial charge in [-0.05, 0) is 24.6 Å². The van der Waals surface area contributed by atoms with Gasteiger partial charge in [-0.15, -0.1) is 0 Å². The first-order chi connectivity index (χ1) is 9.79. The standard InChI is InChI=1S/C16H29NO2Si/c1-3-5-13-18-20(15-12-17,19-14-6-4-2)16-10-8-7-9-11-16/h7-11H,3-6,12-15,17H2,1-2H3. The number of unbranched alkanes of at least 4 members (excludes halogenated alkanes) is 2. The van der Waals surface area contributed by atoms with Gasteiger partial charge in [0.05, 0.1) is 0 Å². The molecule has 1 aromatic carbocycles. The number of rotatable bonds is 11. The van der Waals surface area contributed by atoms with Crippen LogP contribution < -0.4 is 10.9 Å². The minimum atomic E-state index is -2.37. The maximum Gasteiger partial charge on any atom is 0.373 e. The minimum absolute atomic E-state index is 0.610. The van der Waals surface area contributed by atoms with Gasteiger partial charge in [0, 0.05) is 19.3 Å². The molecule has 0 saturated heterocycles. The van der Waals surface area contributed by atoms with Crippen molar-refractivity contribution >= 4 is 13.7 Å². The van der Waals surface area contributed by atoms with Crippen molar-refractivity contribution in [1.82, 2.24) is 0 Å². The predicted octanol–water partition coefficient (Wildman–Crippen LogP) is 2.93. The first kappa shape index (κ1) is 17.4. The van der Waals surface area contributed by atoms with Gasteiger partial charge in [0.2, 0.25) is 0 Å². The van der Waals surface area contributed by atoms with E-state index < -0.39 is 8.56 Å². The van der Waals surface area contributed by atoms with Gasteiger partial charge in [-0.25, -0.2) is 0 Å². The predicted molar refractivity (Wildman–Crippen MR) is 87.4 cm³/mol. The molecule has 0 amide bonds. The molecule has 0 atom stereocenters. The Labute approximate surface area is 124 Å². The molecule has 20 heavy (non-hydrogen) atoms. The smallest absolute Gasteiger partial charge is 0.373 e. The highest BCUT2D eigenvalue weighted by molar-refractivity contribution is 6.81. The second-order valence-corrected chi connectivity index (χ2v) is 8.22. The molecule has 0 unspecified atom stereocenters. The summed E-state index contributed by atoms with van der Waals surface area (Å²) in [4.78, 5) is 0. The average Bonchev–Trinajstić information content (AvgIpc) is 2.48. The topological polar surface area (TPSA) is 44.5 Å². The van der Waals surface area contributed by atoms with E-state index in [-0.39, 0.29) is 0 Å². The fourth-order valence-corrected chi connectivity index (χ4v) is 5.16. The van der Waals surface area contributed by atoms with Crippen LogP contribution in [0.1, 0.15) is 39.5 Å². The van der Waals surface area contributed by atoms with E-state index in [0.29, 0.717) is 6.54 Å².